The van der Waals surface area contributed by atoms with Crippen molar-refractivity contribution in [1.29, 1.82) is 0 Å². The summed E-state index contributed by atoms with van der Waals surface area (Å²) in [4.78, 5) is 25.1. The van der Waals surface area contributed by atoms with Crippen LogP contribution >= 0.6 is 0 Å². The predicted octanol–water partition coefficient (Wildman–Crippen LogP) is 1.63. The molecule has 0 spiro atoms. The molecule has 2 heterocycles. The van der Waals surface area contributed by atoms with E-state index < -0.39 is 27.8 Å². The van der Waals surface area contributed by atoms with Gasteiger partial charge in [-0.3, -0.25) is 9.69 Å². The quantitative estimate of drug-likeness (QED) is 0.769. The van der Waals surface area contributed by atoms with Crippen LogP contribution in [0.25, 0.3) is 0 Å². The lowest BCUT2D eigenvalue weighted by molar-refractivity contribution is -0.145. The molecular formula is C16H17NO6S. The fraction of sp³-hybridized carbons (Fsp3) is 0.375. The van der Waals surface area contributed by atoms with Gasteiger partial charge in [-0.1, -0.05) is 17.7 Å². The summed E-state index contributed by atoms with van der Waals surface area (Å²) in [5.41, 5.74) is 1.24. The number of benzene rings is 1. The Balaban J connectivity index is 2.08. The lowest BCUT2D eigenvalue weighted by Gasteiger charge is -2.29. The summed E-state index contributed by atoms with van der Waals surface area (Å²) < 4.78 is 35.7. The number of aryl methyl sites for hydroxylation is 1. The maximum absolute atomic E-state index is 13.0. The molecule has 8 heteroatoms. The van der Waals surface area contributed by atoms with E-state index in [9.17, 15) is 18.0 Å². The van der Waals surface area contributed by atoms with Gasteiger partial charge >= 0.3 is 12.1 Å². The maximum Gasteiger partial charge on any atom is 0.414 e. The summed E-state index contributed by atoms with van der Waals surface area (Å²) in [5.74, 6) is -1.29. The van der Waals surface area contributed by atoms with Crippen molar-refractivity contribution in [1.82, 2.24) is 4.90 Å². The molecule has 1 amide bonds. The summed E-state index contributed by atoms with van der Waals surface area (Å²) in [7, 11) is -2.60. The standard InChI is InChI=1S/C16H17NO6S/c1-10-3-5-12(6-4-10)24(20,21)14-7-11(15(18)22-2)8-17-13(14)9-23-16(17)19/h3-6,11H,7-9H2,1-2H3/t11-/m0/s1. The van der Waals surface area contributed by atoms with Crippen LogP contribution in [0.2, 0.25) is 0 Å². The Labute approximate surface area is 139 Å². The molecule has 0 radical (unpaired) electrons. The second-order valence-electron chi connectivity index (χ2n) is 5.78. The highest BCUT2D eigenvalue weighted by Gasteiger charge is 2.43. The number of esters is 1. The topological polar surface area (TPSA) is 90.0 Å². The van der Waals surface area contributed by atoms with E-state index in [-0.39, 0.29) is 29.4 Å². The van der Waals surface area contributed by atoms with Crippen molar-refractivity contribution in [3.05, 3.63) is 40.4 Å². The van der Waals surface area contributed by atoms with Crippen LogP contribution in [0, 0.1) is 12.8 Å². The number of rotatable bonds is 3. The van der Waals surface area contributed by atoms with E-state index >= 15 is 0 Å². The van der Waals surface area contributed by atoms with Crippen LogP contribution in [0.3, 0.4) is 0 Å². The number of fused-ring (bicyclic) bond motifs is 1. The summed E-state index contributed by atoms with van der Waals surface area (Å²) in [5, 5.41) is 0. The molecule has 0 N–H and O–H groups in total. The minimum absolute atomic E-state index is 0.00857. The first-order valence-corrected chi connectivity index (χ1v) is 8.89. The summed E-state index contributed by atoms with van der Waals surface area (Å²) in [6.07, 6.45) is -0.652. The van der Waals surface area contributed by atoms with Crippen molar-refractivity contribution in [3.8, 4) is 0 Å². The minimum atomic E-state index is -3.83. The maximum atomic E-state index is 13.0. The minimum Gasteiger partial charge on any atom is -0.469 e. The molecule has 1 aromatic rings. The highest BCUT2D eigenvalue weighted by molar-refractivity contribution is 7.95. The second-order valence-corrected chi connectivity index (χ2v) is 7.75. The Bertz CT molecular complexity index is 825. The third-order valence-corrected chi connectivity index (χ3v) is 6.17. The van der Waals surface area contributed by atoms with Gasteiger partial charge in [0.05, 0.1) is 28.5 Å². The molecule has 0 aromatic heterocycles. The van der Waals surface area contributed by atoms with Gasteiger partial charge in [0.15, 0.2) is 0 Å². The zero-order valence-electron chi connectivity index (χ0n) is 13.3. The fourth-order valence-electron chi connectivity index (χ4n) is 2.89. The zero-order chi connectivity index (χ0) is 17.5. The smallest absolute Gasteiger partial charge is 0.414 e. The van der Waals surface area contributed by atoms with Crippen molar-refractivity contribution in [2.45, 2.75) is 18.2 Å². The van der Waals surface area contributed by atoms with Crippen molar-refractivity contribution < 1.29 is 27.5 Å². The molecule has 128 valence electrons. The summed E-state index contributed by atoms with van der Waals surface area (Å²) in [6.45, 7) is 1.82. The van der Waals surface area contributed by atoms with Gasteiger partial charge in [0, 0.05) is 13.0 Å². The van der Waals surface area contributed by atoms with Gasteiger partial charge in [-0.25, -0.2) is 13.2 Å². The van der Waals surface area contributed by atoms with Gasteiger partial charge in [-0.2, -0.15) is 0 Å². The number of carbonyl (C=O) groups excluding carboxylic acids is 2. The van der Waals surface area contributed by atoms with Crippen molar-refractivity contribution in [2.75, 3.05) is 20.3 Å². The average Bonchev–Trinajstić information content (AvgIpc) is 2.95. The summed E-state index contributed by atoms with van der Waals surface area (Å²) in [6, 6.07) is 6.43. The fourth-order valence-corrected chi connectivity index (χ4v) is 4.57. The first kappa shape index (κ1) is 16.5. The van der Waals surface area contributed by atoms with Gasteiger partial charge in [0.1, 0.15) is 6.61 Å². The van der Waals surface area contributed by atoms with E-state index in [1.54, 1.807) is 12.1 Å². The monoisotopic (exact) mass is 351 g/mol. The molecule has 1 saturated heterocycles. The summed E-state index contributed by atoms with van der Waals surface area (Å²) >= 11 is 0. The van der Waals surface area contributed by atoms with E-state index in [1.165, 1.54) is 24.1 Å². The van der Waals surface area contributed by atoms with Gasteiger partial charge < -0.3 is 9.47 Å². The third-order valence-electron chi connectivity index (χ3n) is 4.23. The van der Waals surface area contributed by atoms with E-state index in [1.807, 2.05) is 6.92 Å². The SMILES string of the molecule is COC(=O)[C@H]1CC(S(=O)(=O)c2ccc(C)cc2)=C2COC(=O)N2C1. The van der Waals surface area contributed by atoms with E-state index in [2.05, 4.69) is 0 Å². The number of methoxy groups -OCH3 is 1. The Kier molecular flexibility index (Phi) is 4.08. The normalized spacial score (nSPS) is 20.7. The molecule has 2 aliphatic rings. The van der Waals surface area contributed by atoms with Crippen LogP contribution in [0.15, 0.2) is 39.8 Å². The molecule has 1 aromatic carbocycles. The Morgan fingerprint density at radius 3 is 2.58 bits per heavy atom. The highest BCUT2D eigenvalue weighted by atomic mass is 32.2. The van der Waals surface area contributed by atoms with Crippen LogP contribution in [0.5, 0.6) is 0 Å². The molecule has 1 fully saturated rings. The molecule has 24 heavy (non-hydrogen) atoms. The molecule has 3 rings (SSSR count). The van der Waals surface area contributed by atoms with E-state index in [0.717, 1.165) is 5.56 Å². The number of carbonyl (C=O) groups is 2. The number of hydrogen-bond donors (Lipinski definition) is 0. The van der Waals surface area contributed by atoms with Crippen molar-refractivity contribution in [3.63, 3.8) is 0 Å². The number of ether oxygens (including phenoxy) is 2. The second kappa shape index (κ2) is 5.94. The lowest BCUT2D eigenvalue weighted by atomic mass is 10.00. The number of hydrogen-bond acceptors (Lipinski definition) is 6. The van der Waals surface area contributed by atoms with E-state index in [0.29, 0.717) is 5.70 Å². The Morgan fingerprint density at radius 1 is 1.29 bits per heavy atom. The zero-order valence-corrected chi connectivity index (χ0v) is 14.1. The third kappa shape index (κ3) is 2.66. The molecule has 0 saturated carbocycles. The molecule has 0 unspecified atom stereocenters. The molecule has 2 aliphatic heterocycles. The lowest BCUT2D eigenvalue weighted by Crippen LogP contribution is -2.39. The van der Waals surface area contributed by atoms with Crippen molar-refractivity contribution >= 4 is 21.9 Å². The molecule has 1 atom stereocenters. The first-order chi connectivity index (χ1) is 11.3. The van der Waals surface area contributed by atoms with Crippen LogP contribution in [-0.4, -0.2) is 45.6 Å². The van der Waals surface area contributed by atoms with Crippen LogP contribution in [-0.2, 0) is 24.1 Å². The molecule has 7 nitrogen and oxygen atoms in total. The molecule has 0 aliphatic carbocycles. The van der Waals surface area contributed by atoms with E-state index in [4.69, 9.17) is 9.47 Å². The Hall–Kier alpha value is -2.35. The van der Waals surface area contributed by atoms with Crippen molar-refractivity contribution in [2.24, 2.45) is 5.92 Å². The number of nitrogens with zero attached hydrogens (tertiary/aromatic N) is 1. The number of allylic oxidation sites excluding steroid dienone is 1. The average molecular weight is 351 g/mol. The molecule has 0 bridgehead atoms. The largest absolute Gasteiger partial charge is 0.469 e. The predicted molar refractivity (Wildman–Crippen MR) is 83.6 cm³/mol. The van der Waals surface area contributed by atoms with Gasteiger partial charge in [-0.15, -0.1) is 0 Å². The molecular weight excluding hydrogens is 334 g/mol. The van der Waals surface area contributed by atoms with Crippen LogP contribution in [0.1, 0.15) is 12.0 Å². The number of amides is 1. The highest BCUT2D eigenvalue weighted by Crippen LogP contribution is 2.37. The van der Waals surface area contributed by atoms with Crippen LogP contribution < -0.4 is 0 Å². The number of cyclic esters (lactones) is 1. The van der Waals surface area contributed by atoms with Gasteiger partial charge in [-0.05, 0) is 19.1 Å². The first-order valence-electron chi connectivity index (χ1n) is 7.40. The Morgan fingerprint density at radius 2 is 1.96 bits per heavy atom. The van der Waals surface area contributed by atoms with Crippen LogP contribution in [0.4, 0.5) is 4.79 Å². The van der Waals surface area contributed by atoms with Gasteiger partial charge in [0.25, 0.3) is 0 Å². The number of sulfone groups is 1. The van der Waals surface area contributed by atoms with Gasteiger partial charge in [0.2, 0.25) is 9.84 Å².